The van der Waals surface area contributed by atoms with Crippen LogP contribution in [0.2, 0.25) is 0 Å². The number of hydrogen-bond donors (Lipinski definition) is 2. The van der Waals surface area contributed by atoms with Crippen molar-refractivity contribution in [2.75, 3.05) is 12.4 Å². The highest BCUT2D eigenvalue weighted by atomic mass is 32.2. The minimum atomic E-state index is -3.85. The van der Waals surface area contributed by atoms with Crippen molar-refractivity contribution in [1.82, 2.24) is 0 Å². The number of methoxy groups -OCH3 is 1. The molecule has 0 saturated heterocycles. The van der Waals surface area contributed by atoms with Crippen molar-refractivity contribution in [1.29, 1.82) is 0 Å². The quantitative estimate of drug-likeness (QED) is 0.723. The van der Waals surface area contributed by atoms with Crippen LogP contribution in [0.25, 0.3) is 0 Å². The van der Waals surface area contributed by atoms with Gasteiger partial charge >= 0.3 is 5.97 Å². The van der Waals surface area contributed by atoms with Gasteiger partial charge in [0.1, 0.15) is 5.75 Å². The van der Waals surface area contributed by atoms with Gasteiger partial charge in [-0.1, -0.05) is 6.07 Å². The monoisotopic (exact) mass is 392 g/mol. The number of rotatable bonds is 6. The third-order valence-electron chi connectivity index (χ3n) is 3.68. The molecule has 0 aliphatic heterocycles. The fourth-order valence-electron chi connectivity index (χ4n) is 2.22. The summed E-state index contributed by atoms with van der Waals surface area (Å²) in [7, 11) is -2.37. The third-order valence-corrected chi connectivity index (χ3v) is 4.61. The number of aryl methyl sites for hydroxylation is 1. The number of carbonyl (C=O) groups excluding carboxylic acids is 2. The summed E-state index contributed by atoms with van der Waals surface area (Å²) in [4.78, 5) is 24.3. The molecule has 2 rings (SSSR count). The maximum atomic E-state index is 12.3. The summed E-state index contributed by atoms with van der Waals surface area (Å²) in [5, 5.41) is 7.65. The molecule has 0 bridgehead atoms. The standard InChI is InChI=1S/C18H20N2O6S/c1-11-4-9-16(25-3)15(10-11)20-17(21)12(2)26-18(22)13-5-7-14(8-6-13)27(19,23)24/h4-10,12H,1-3H3,(H,20,21)(H2,19,23,24). The molecule has 1 amide bonds. The van der Waals surface area contributed by atoms with Crippen LogP contribution in [-0.2, 0) is 19.6 Å². The molecule has 8 nitrogen and oxygen atoms in total. The molecule has 2 aromatic carbocycles. The van der Waals surface area contributed by atoms with Gasteiger partial charge in [0.15, 0.2) is 6.10 Å². The zero-order valence-corrected chi connectivity index (χ0v) is 15.9. The van der Waals surface area contributed by atoms with E-state index in [9.17, 15) is 18.0 Å². The second-order valence-electron chi connectivity index (χ2n) is 5.81. The number of carbonyl (C=O) groups is 2. The molecular weight excluding hydrogens is 372 g/mol. The fraction of sp³-hybridized carbons (Fsp3) is 0.222. The summed E-state index contributed by atoms with van der Waals surface area (Å²) in [5.74, 6) is -0.825. The second kappa shape index (κ2) is 8.19. The predicted molar refractivity (Wildman–Crippen MR) is 99.1 cm³/mol. The fourth-order valence-corrected chi connectivity index (χ4v) is 2.73. The zero-order chi connectivity index (χ0) is 20.2. The van der Waals surface area contributed by atoms with Gasteiger partial charge in [-0.25, -0.2) is 18.4 Å². The highest BCUT2D eigenvalue weighted by Crippen LogP contribution is 2.25. The first-order valence-electron chi connectivity index (χ1n) is 7.91. The van der Waals surface area contributed by atoms with Crippen LogP contribution in [0.15, 0.2) is 47.4 Å². The van der Waals surface area contributed by atoms with Crippen LogP contribution < -0.4 is 15.2 Å². The van der Waals surface area contributed by atoms with Crippen LogP contribution in [-0.4, -0.2) is 33.5 Å². The van der Waals surface area contributed by atoms with Crippen LogP contribution >= 0.6 is 0 Å². The largest absolute Gasteiger partial charge is 0.495 e. The number of esters is 1. The molecule has 3 N–H and O–H groups in total. The highest BCUT2D eigenvalue weighted by Gasteiger charge is 2.20. The van der Waals surface area contributed by atoms with Crippen molar-refractivity contribution in [3.05, 3.63) is 53.6 Å². The molecule has 144 valence electrons. The van der Waals surface area contributed by atoms with Crippen molar-refractivity contribution in [2.24, 2.45) is 5.14 Å². The molecule has 0 radical (unpaired) electrons. The van der Waals surface area contributed by atoms with Gasteiger partial charge < -0.3 is 14.8 Å². The van der Waals surface area contributed by atoms with Crippen molar-refractivity contribution in [3.8, 4) is 5.75 Å². The Hall–Kier alpha value is -2.91. The average Bonchev–Trinajstić information content (AvgIpc) is 2.61. The van der Waals surface area contributed by atoms with Crippen LogP contribution in [0, 0.1) is 6.92 Å². The van der Waals surface area contributed by atoms with Gasteiger partial charge in [0, 0.05) is 0 Å². The minimum absolute atomic E-state index is 0.0928. The summed E-state index contributed by atoms with van der Waals surface area (Å²) >= 11 is 0. The maximum absolute atomic E-state index is 12.3. The summed E-state index contributed by atoms with van der Waals surface area (Å²) in [6.07, 6.45) is -1.08. The Labute approximate surface area is 157 Å². The number of nitrogens with one attached hydrogen (secondary N) is 1. The van der Waals surface area contributed by atoms with Crippen LogP contribution in [0.1, 0.15) is 22.8 Å². The molecule has 0 aliphatic carbocycles. The average molecular weight is 392 g/mol. The van der Waals surface area contributed by atoms with Crippen LogP contribution in [0.4, 0.5) is 5.69 Å². The van der Waals surface area contributed by atoms with E-state index in [0.717, 1.165) is 5.56 Å². The Morgan fingerprint density at radius 2 is 1.74 bits per heavy atom. The number of amides is 1. The summed E-state index contributed by atoms with van der Waals surface area (Å²) in [6.45, 7) is 3.29. The minimum Gasteiger partial charge on any atom is -0.495 e. The Kier molecular flexibility index (Phi) is 6.19. The highest BCUT2D eigenvalue weighted by molar-refractivity contribution is 7.89. The summed E-state index contributed by atoms with van der Waals surface area (Å²) < 4.78 is 32.8. The molecule has 0 spiro atoms. The maximum Gasteiger partial charge on any atom is 0.338 e. The van der Waals surface area contributed by atoms with Crippen LogP contribution in [0.5, 0.6) is 5.75 Å². The number of benzene rings is 2. The summed E-state index contributed by atoms with van der Waals surface area (Å²) in [5.41, 5.74) is 1.48. The molecule has 1 atom stereocenters. The smallest absolute Gasteiger partial charge is 0.338 e. The Morgan fingerprint density at radius 1 is 1.11 bits per heavy atom. The van der Waals surface area contributed by atoms with E-state index in [-0.39, 0.29) is 10.5 Å². The van der Waals surface area contributed by atoms with Gasteiger partial charge in [-0.2, -0.15) is 0 Å². The first-order valence-corrected chi connectivity index (χ1v) is 9.46. The van der Waals surface area contributed by atoms with E-state index in [1.807, 2.05) is 13.0 Å². The SMILES string of the molecule is COc1ccc(C)cc1NC(=O)C(C)OC(=O)c1ccc(S(N)(=O)=O)cc1. The number of ether oxygens (including phenoxy) is 2. The van der Waals surface area contributed by atoms with E-state index >= 15 is 0 Å². The van der Waals surface area contributed by atoms with E-state index in [1.54, 1.807) is 12.1 Å². The van der Waals surface area contributed by atoms with Crippen molar-refractivity contribution < 1.29 is 27.5 Å². The van der Waals surface area contributed by atoms with Gasteiger partial charge in [0.05, 0.1) is 23.3 Å². The van der Waals surface area contributed by atoms with Crippen molar-refractivity contribution >= 4 is 27.6 Å². The number of hydrogen-bond acceptors (Lipinski definition) is 6. The lowest BCUT2D eigenvalue weighted by molar-refractivity contribution is -0.123. The Balaban J connectivity index is 2.06. The van der Waals surface area contributed by atoms with Crippen molar-refractivity contribution in [3.63, 3.8) is 0 Å². The molecule has 0 heterocycles. The molecule has 2 aromatic rings. The van der Waals surface area contributed by atoms with E-state index in [4.69, 9.17) is 14.6 Å². The second-order valence-corrected chi connectivity index (χ2v) is 7.37. The lowest BCUT2D eigenvalue weighted by atomic mass is 10.2. The summed E-state index contributed by atoms with van der Waals surface area (Å²) in [6, 6.07) is 10.2. The van der Waals surface area contributed by atoms with E-state index < -0.39 is 28.0 Å². The molecule has 27 heavy (non-hydrogen) atoms. The first-order chi connectivity index (χ1) is 12.6. The molecular formula is C18H20N2O6S. The van der Waals surface area contributed by atoms with Gasteiger partial charge in [0.25, 0.3) is 5.91 Å². The van der Waals surface area contributed by atoms with Crippen molar-refractivity contribution in [2.45, 2.75) is 24.8 Å². The number of sulfonamides is 1. The van der Waals surface area contributed by atoms with E-state index in [1.165, 1.54) is 38.3 Å². The Bertz CT molecular complexity index is 954. The third kappa shape index (κ3) is 5.28. The normalized spacial score (nSPS) is 12.1. The predicted octanol–water partition coefficient (Wildman–Crippen LogP) is 1.84. The number of anilines is 1. The van der Waals surface area contributed by atoms with Gasteiger partial charge in [-0.15, -0.1) is 0 Å². The number of primary sulfonamides is 1. The van der Waals surface area contributed by atoms with E-state index in [2.05, 4.69) is 5.32 Å². The topological polar surface area (TPSA) is 125 Å². The first kappa shape index (κ1) is 20.4. The lowest BCUT2D eigenvalue weighted by Crippen LogP contribution is -2.30. The molecule has 0 fully saturated rings. The molecule has 9 heteroatoms. The zero-order valence-electron chi connectivity index (χ0n) is 15.1. The number of nitrogens with two attached hydrogens (primary N) is 1. The van der Waals surface area contributed by atoms with Crippen LogP contribution in [0.3, 0.4) is 0 Å². The van der Waals surface area contributed by atoms with Gasteiger partial charge in [-0.3, -0.25) is 4.79 Å². The lowest BCUT2D eigenvalue weighted by Gasteiger charge is -2.15. The molecule has 1 unspecified atom stereocenters. The van der Waals surface area contributed by atoms with E-state index in [0.29, 0.717) is 11.4 Å². The van der Waals surface area contributed by atoms with Gasteiger partial charge in [-0.05, 0) is 55.8 Å². The van der Waals surface area contributed by atoms with Gasteiger partial charge in [0.2, 0.25) is 10.0 Å². The molecule has 0 saturated carbocycles. The molecule has 0 aliphatic rings. The Morgan fingerprint density at radius 3 is 2.30 bits per heavy atom. The molecule has 0 aromatic heterocycles.